The number of anilines is 1. The van der Waals surface area contributed by atoms with Crippen molar-refractivity contribution in [3.8, 4) is 5.75 Å². The smallest absolute Gasteiger partial charge is 0.250 e. The summed E-state index contributed by atoms with van der Waals surface area (Å²) in [7, 11) is -3.66. The molecule has 0 saturated carbocycles. The van der Waals surface area contributed by atoms with Crippen LogP contribution < -0.4 is 10.0 Å². The van der Waals surface area contributed by atoms with E-state index in [-0.39, 0.29) is 16.5 Å². The number of hydrogen-bond donors (Lipinski definition) is 3. The van der Waals surface area contributed by atoms with E-state index in [1.54, 1.807) is 30.5 Å². The molecule has 1 heterocycles. The lowest BCUT2D eigenvalue weighted by atomic mass is 10.2. The highest BCUT2D eigenvalue weighted by atomic mass is 32.2. The highest BCUT2D eigenvalue weighted by molar-refractivity contribution is 7.91. The molecule has 0 bridgehead atoms. The minimum atomic E-state index is -3.66. The number of carbonyl (C=O) groups excluding carboxylic acids is 1. The average Bonchev–Trinajstić information content (AvgIpc) is 2.96. The fraction of sp³-hybridized carbons (Fsp3) is 0.154. The predicted octanol–water partition coefficient (Wildman–Crippen LogP) is 1.68. The Balaban J connectivity index is 1.95. The molecule has 2 aromatic rings. The van der Waals surface area contributed by atoms with Gasteiger partial charge in [-0.25, -0.2) is 13.1 Å². The molecule has 0 unspecified atom stereocenters. The number of thiophene rings is 1. The third-order valence-corrected chi connectivity index (χ3v) is 5.47. The van der Waals surface area contributed by atoms with E-state index < -0.39 is 15.9 Å². The van der Waals surface area contributed by atoms with Gasteiger partial charge in [-0.2, -0.15) is 0 Å². The topological polar surface area (TPSA) is 95.5 Å². The van der Waals surface area contributed by atoms with Crippen LogP contribution in [0, 0.1) is 6.92 Å². The highest BCUT2D eigenvalue weighted by Crippen LogP contribution is 2.20. The largest absolute Gasteiger partial charge is 0.508 e. The Bertz CT molecular complexity index is 740. The Morgan fingerprint density at radius 3 is 2.71 bits per heavy atom. The maximum atomic E-state index is 11.8. The molecule has 1 aromatic carbocycles. The van der Waals surface area contributed by atoms with E-state index in [4.69, 9.17) is 0 Å². The summed E-state index contributed by atoms with van der Waals surface area (Å²) in [6.07, 6.45) is 0. The summed E-state index contributed by atoms with van der Waals surface area (Å²) in [6, 6.07) is 7.76. The van der Waals surface area contributed by atoms with E-state index in [1.807, 2.05) is 0 Å². The van der Waals surface area contributed by atoms with Crippen molar-refractivity contribution in [3.05, 3.63) is 41.3 Å². The minimum Gasteiger partial charge on any atom is -0.508 e. The van der Waals surface area contributed by atoms with Crippen LogP contribution in [-0.2, 0) is 14.8 Å². The maximum Gasteiger partial charge on any atom is 0.250 e. The SMILES string of the molecule is Cc1ccc(NC(=O)CNS(=O)(=O)c2cccs2)cc1O. The summed E-state index contributed by atoms with van der Waals surface area (Å²) >= 11 is 1.07. The molecule has 0 spiro atoms. The summed E-state index contributed by atoms with van der Waals surface area (Å²) < 4.78 is 26.0. The number of benzene rings is 1. The number of aromatic hydroxyl groups is 1. The van der Waals surface area contributed by atoms with E-state index in [2.05, 4.69) is 10.0 Å². The number of rotatable bonds is 5. The maximum absolute atomic E-state index is 11.8. The summed E-state index contributed by atoms with van der Waals surface area (Å²) in [5, 5.41) is 13.7. The lowest BCUT2D eigenvalue weighted by Gasteiger charge is -2.08. The number of carbonyl (C=O) groups is 1. The second kappa shape index (κ2) is 6.25. The Morgan fingerprint density at radius 2 is 2.10 bits per heavy atom. The first-order valence-corrected chi connectivity index (χ1v) is 8.37. The average molecular weight is 326 g/mol. The van der Waals surface area contributed by atoms with Crippen LogP contribution in [0.2, 0.25) is 0 Å². The number of nitrogens with one attached hydrogen (secondary N) is 2. The molecule has 0 atom stereocenters. The van der Waals surface area contributed by atoms with Crippen molar-refractivity contribution in [2.45, 2.75) is 11.1 Å². The predicted molar refractivity (Wildman–Crippen MR) is 81.0 cm³/mol. The molecule has 0 aliphatic heterocycles. The Morgan fingerprint density at radius 1 is 1.33 bits per heavy atom. The number of sulfonamides is 1. The van der Waals surface area contributed by atoms with Gasteiger partial charge in [0.1, 0.15) is 9.96 Å². The van der Waals surface area contributed by atoms with E-state index in [0.29, 0.717) is 11.3 Å². The first-order chi connectivity index (χ1) is 9.88. The second-order valence-corrected chi connectivity index (χ2v) is 7.25. The van der Waals surface area contributed by atoms with Crippen molar-refractivity contribution >= 4 is 33.0 Å². The molecule has 2 rings (SSSR count). The second-order valence-electron chi connectivity index (χ2n) is 4.31. The van der Waals surface area contributed by atoms with Gasteiger partial charge in [0.2, 0.25) is 5.91 Å². The zero-order valence-corrected chi connectivity index (χ0v) is 12.8. The van der Waals surface area contributed by atoms with Crippen molar-refractivity contribution in [3.63, 3.8) is 0 Å². The van der Waals surface area contributed by atoms with Crippen LogP contribution in [0.4, 0.5) is 5.69 Å². The van der Waals surface area contributed by atoms with E-state index in [9.17, 15) is 18.3 Å². The fourth-order valence-corrected chi connectivity index (χ4v) is 3.56. The summed E-state index contributed by atoms with van der Waals surface area (Å²) in [5.74, 6) is -0.453. The minimum absolute atomic E-state index is 0.0620. The van der Waals surface area contributed by atoms with Crippen molar-refractivity contribution in [1.82, 2.24) is 4.72 Å². The van der Waals surface area contributed by atoms with Crippen LogP contribution >= 0.6 is 11.3 Å². The van der Waals surface area contributed by atoms with Crippen molar-refractivity contribution in [2.24, 2.45) is 0 Å². The number of hydrogen-bond acceptors (Lipinski definition) is 5. The first kappa shape index (κ1) is 15.5. The van der Waals surface area contributed by atoms with Gasteiger partial charge in [-0.15, -0.1) is 11.3 Å². The van der Waals surface area contributed by atoms with Gasteiger partial charge in [-0.1, -0.05) is 12.1 Å². The van der Waals surface area contributed by atoms with Gasteiger partial charge in [0.15, 0.2) is 0 Å². The quantitative estimate of drug-likeness (QED) is 0.779. The van der Waals surface area contributed by atoms with Crippen LogP contribution in [0.5, 0.6) is 5.75 Å². The third kappa shape index (κ3) is 4.03. The molecule has 1 amide bonds. The van der Waals surface area contributed by atoms with Gasteiger partial charge in [0.25, 0.3) is 10.0 Å². The lowest BCUT2D eigenvalue weighted by molar-refractivity contribution is -0.115. The van der Waals surface area contributed by atoms with Crippen LogP contribution in [0.1, 0.15) is 5.56 Å². The van der Waals surface area contributed by atoms with Crippen LogP contribution in [0.15, 0.2) is 39.9 Å². The van der Waals surface area contributed by atoms with Crippen molar-refractivity contribution in [1.29, 1.82) is 0 Å². The molecule has 0 radical (unpaired) electrons. The summed E-state index contributed by atoms with van der Waals surface area (Å²) in [6.45, 7) is 1.35. The molecule has 8 heteroatoms. The molecule has 0 aliphatic rings. The number of phenolic OH excluding ortho intramolecular Hbond substituents is 1. The number of phenols is 1. The fourth-order valence-electron chi connectivity index (χ4n) is 1.54. The summed E-state index contributed by atoms with van der Waals surface area (Å²) in [5.41, 5.74) is 1.09. The molecular formula is C13H14N2O4S2. The van der Waals surface area contributed by atoms with Crippen LogP contribution in [0.25, 0.3) is 0 Å². The van der Waals surface area contributed by atoms with Crippen molar-refractivity contribution in [2.75, 3.05) is 11.9 Å². The zero-order valence-electron chi connectivity index (χ0n) is 11.2. The lowest BCUT2D eigenvalue weighted by Crippen LogP contribution is -2.32. The first-order valence-electron chi connectivity index (χ1n) is 6.01. The molecule has 6 nitrogen and oxygen atoms in total. The monoisotopic (exact) mass is 326 g/mol. The Kier molecular flexibility index (Phi) is 4.61. The molecule has 0 fully saturated rings. The Labute approximate surface area is 126 Å². The molecule has 0 aliphatic carbocycles. The summed E-state index contributed by atoms with van der Waals surface area (Å²) in [4.78, 5) is 11.7. The molecule has 1 aromatic heterocycles. The van der Waals surface area contributed by atoms with E-state index in [1.165, 1.54) is 12.1 Å². The van der Waals surface area contributed by atoms with Gasteiger partial charge < -0.3 is 10.4 Å². The normalized spacial score (nSPS) is 11.3. The van der Waals surface area contributed by atoms with Crippen molar-refractivity contribution < 1.29 is 18.3 Å². The third-order valence-electron chi connectivity index (χ3n) is 2.68. The van der Waals surface area contributed by atoms with Gasteiger partial charge in [0.05, 0.1) is 6.54 Å². The molecule has 3 N–H and O–H groups in total. The molecule has 0 saturated heterocycles. The molecular weight excluding hydrogens is 312 g/mol. The molecule has 112 valence electrons. The standard InChI is InChI=1S/C13H14N2O4S2/c1-9-4-5-10(7-11(9)16)15-12(17)8-14-21(18,19)13-3-2-6-20-13/h2-7,14,16H,8H2,1H3,(H,15,17). The van der Waals surface area contributed by atoms with Gasteiger partial charge in [-0.05, 0) is 30.0 Å². The van der Waals surface area contributed by atoms with Crippen LogP contribution in [0.3, 0.4) is 0 Å². The number of aryl methyl sites for hydroxylation is 1. The van der Waals surface area contributed by atoms with Gasteiger partial charge in [-0.3, -0.25) is 4.79 Å². The van der Waals surface area contributed by atoms with Gasteiger partial charge in [0, 0.05) is 11.8 Å². The van der Waals surface area contributed by atoms with E-state index >= 15 is 0 Å². The number of amides is 1. The highest BCUT2D eigenvalue weighted by Gasteiger charge is 2.16. The molecule has 21 heavy (non-hydrogen) atoms. The van der Waals surface area contributed by atoms with E-state index in [0.717, 1.165) is 11.3 Å². The van der Waals surface area contributed by atoms with Gasteiger partial charge >= 0.3 is 0 Å². The Hall–Kier alpha value is -1.90. The van der Waals surface area contributed by atoms with Crippen LogP contribution in [-0.4, -0.2) is 26.0 Å². The zero-order chi connectivity index (χ0) is 15.5.